The zero-order valence-corrected chi connectivity index (χ0v) is 12.3. The van der Waals surface area contributed by atoms with E-state index in [-0.39, 0.29) is 11.2 Å². The molecule has 0 bridgehead atoms. The number of fused-ring (bicyclic) bond motifs is 1. The third kappa shape index (κ3) is 2.11. The molecule has 1 aromatic carbocycles. The molecule has 2 heterocycles. The largest absolute Gasteiger partial charge is 0.369 e. The Labute approximate surface area is 127 Å². The number of rotatable bonds is 4. The fraction of sp³-hybridized carbons (Fsp3) is 0.312. The maximum Gasteiger partial charge on any atom is 0.254 e. The summed E-state index contributed by atoms with van der Waals surface area (Å²) < 4.78 is 15.7. The predicted octanol–water partition coefficient (Wildman–Crippen LogP) is 2.72. The molecular formula is C16H16FN5. The van der Waals surface area contributed by atoms with E-state index in [9.17, 15) is 4.39 Å². The van der Waals surface area contributed by atoms with Crippen LogP contribution >= 0.6 is 0 Å². The van der Waals surface area contributed by atoms with Gasteiger partial charge >= 0.3 is 0 Å². The first kappa shape index (κ1) is 13.2. The van der Waals surface area contributed by atoms with Crippen molar-refractivity contribution in [3.05, 3.63) is 53.7 Å². The van der Waals surface area contributed by atoms with Gasteiger partial charge in [0, 0.05) is 23.7 Å². The third-order valence-corrected chi connectivity index (χ3v) is 4.29. The lowest BCUT2D eigenvalue weighted by Crippen LogP contribution is -2.22. The van der Waals surface area contributed by atoms with Crippen molar-refractivity contribution in [3.63, 3.8) is 0 Å². The molecular weight excluding hydrogens is 281 g/mol. The van der Waals surface area contributed by atoms with E-state index in [1.54, 1.807) is 10.6 Å². The van der Waals surface area contributed by atoms with Crippen LogP contribution in [0, 0.1) is 12.7 Å². The predicted molar refractivity (Wildman–Crippen MR) is 81.3 cm³/mol. The van der Waals surface area contributed by atoms with Gasteiger partial charge < -0.3 is 5.32 Å². The minimum Gasteiger partial charge on any atom is -0.369 e. The standard InChI is InChI=1S/C16H16FN5/c1-11-8-14(22-15(21-11)19-10-20-22)18-9-16(6-7-16)12-4-2-3-5-13(12)17/h2-5,8,10,18H,6-7,9H2,1H3. The summed E-state index contributed by atoms with van der Waals surface area (Å²) in [5, 5.41) is 7.57. The van der Waals surface area contributed by atoms with Gasteiger partial charge in [-0.05, 0) is 31.4 Å². The summed E-state index contributed by atoms with van der Waals surface area (Å²) in [6, 6.07) is 8.96. The van der Waals surface area contributed by atoms with Crippen molar-refractivity contribution in [1.29, 1.82) is 0 Å². The molecule has 1 saturated carbocycles. The van der Waals surface area contributed by atoms with Crippen LogP contribution in [0.3, 0.4) is 0 Å². The van der Waals surface area contributed by atoms with E-state index in [0.717, 1.165) is 29.9 Å². The molecule has 4 rings (SSSR count). The second kappa shape index (κ2) is 4.76. The molecule has 0 saturated heterocycles. The average molecular weight is 297 g/mol. The number of nitrogens with zero attached hydrogens (tertiary/aromatic N) is 4. The zero-order valence-electron chi connectivity index (χ0n) is 12.3. The molecule has 0 amide bonds. The van der Waals surface area contributed by atoms with Gasteiger partial charge in [0.05, 0.1) is 0 Å². The molecule has 0 unspecified atom stereocenters. The summed E-state index contributed by atoms with van der Waals surface area (Å²) in [7, 11) is 0. The summed E-state index contributed by atoms with van der Waals surface area (Å²) in [5.41, 5.74) is 1.55. The summed E-state index contributed by atoms with van der Waals surface area (Å²) >= 11 is 0. The van der Waals surface area contributed by atoms with Crippen LogP contribution in [0.25, 0.3) is 5.78 Å². The molecule has 2 aromatic heterocycles. The third-order valence-electron chi connectivity index (χ3n) is 4.29. The normalized spacial score (nSPS) is 15.9. The molecule has 1 fully saturated rings. The van der Waals surface area contributed by atoms with Crippen molar-refractivity contribution in [1.82, 2.24) is 19.6 Å². The van der Waals surface area contributed by atoms with Gasteiger partial charge in [-0.2, -0.15) is 14.6 Å². The van der Waals surface area contributed by atoms with E-state index in [2.05, 4.69) is 20.4 Å². The summed E-state index contributed by atoms with van der Waals surface area (Å²) in [5.74, 6) is 1.28. The molecule has 1 N–H and O–H groups in total. The van der Waals surface area contributed by atoms with Gasteiger partial charge in [-0.3, -0.25) is 0 Å². The van der Waals surface area contributed by atoms with E-state index in [0.29, 0.717) is 12.3 Å². The van der Waals surface area contributed by atoms with Crippen molar-refractivity contribution in [3.8, 4) is 0 Å². The first-order chi connectivity index (χ1) is 10.7. The van der Waals surface area contributed by atoms with Crippen LogP contribution in [0.5, 0.6) is 0 Å². The first-order valence-electron chi connectivity index (χ1n) is 7.34. The molecule has 0 radical (unpaired) electrons. The van der Waals surface area contributed by atoms with E-state index in [4.69, 9.17) is 0 Å². The molecule has 0 spiro atoms. The average Bonchev–Trinajstić information content (AvgIpc) is 3.14. The highest BCUT2D eigenvalue weighted by Gasteiger charge is 2.45. The molecule has 0 aliphatic heterocycles. The molecule has 1 aliphatic rings. The highest BCUT2D eigenvalue weighted by Crippen LogP contribution is 2.49. The number of hydrogen-bond acceptors (Lipinski definition) is 4. The first-order valence-corrected chi connectivity index (χ1v) is 7.34. The van der Waals surface area contributed by atoms with Crippen molar-refractivity contribution in [2.24, 2.45) is 0 Å². The fourth-order valence-electron chi connectivity index (χ4n) is 2.90. The number of nitrogens with one attached hydrogen (secondary N) is 1. The lowest BCUT2D eigenvalue weighted by Gasteiger charge is -2.18. The smallest absolute Gasteiger partial charge is 0.254 e. The minimum absolute atomic E-state index is 0.116. The lowest BCUT2D eigenvalue weighted by molar-refractivity contribution is 0.578. The van der Waals surface area contributed by atoms with E-state index < -0.39 is 0 Å². The molecule has 0 atom stereocenters. The van der Waals surface area contributed by atoms with Crippen LogP contribution in [0.1, 0.15) is 24.1 Å². The molecule has 1 aliphatic carbocycles. The summed E-state index contributed by atoms with van der Waals surface area (Å²) in [6.45, 7) is 2.59. The maximum absolute atomic E-state index is 14.1. The van der Waals surface area contributed by atoms with Crippen LogP contribution < -0.4 is 5.32 Å². The second-order valence-electron chi connectivity index (χ2n) is 5.87. The minimum atomic E-state index is -0.126. The van der Waals surface area contributed by atoms with Crippen LogP contribution in [0.15, 0.2) is 36.7 Å². The van der Waals surface area contributed by atoms with Gasteiger partial charge in [-0.25, -0.2) is 9.37 Å². The maximum atomic E-state index is 14.1. The summed E-state index contributed by atoms with van der Waals surface area (Å²) in [6.07, 6.45) is 3.47. The van der Waals surface area contributed by atoms with Crippen molar-refractivity contribution in [2.75, 3.05) is 11.9 Å². The van der Waals surface area contributed by atoms with Crippen LogP contribution in [-0.2, 0) is 5.41 Å². The lowest BCUT2D eigenvalue weighted by atomic mass is 9.95. The van der Waals surface area contributed by atoms with Crippen LogP contribution in [0.4, 0.5) is 10.2 Å². The van der Waals surface area contributed by atoms with Gasteiger partial charge in [0.1, 0.15) is 18.0 Å². The van der Waals surface area contributed by atoms with Crippen molar-refractivity contribution < 1.29 is 4.39 Å². The van der Waals surface area contributed by atoms with E-state index >= 15 is 0 Å². The Balaban J connectivity index is 1.62. The van der Waals surface area contributed by atoms with Gasteiger partial charge in [0.25, 0.3) is 5.78 Å². The Morgan fingerprint density at radius 1 is 1.32 bits per heavy atom. The number of aromatic nitrogens is 4. The Hall–Kier alpha value is -2.50. The van der Waals surface area contributed by atoms with Gasteiger partial charge in [0.15, 0.2) is 0 Å². The molecule has 22 heavy (non-hydrogen) atoms. The molecule has 5 nitrogen and oxygen atoms in total. The topological polar surface area (TPSA) is 55.1 Å². The molecule has 6 heteroatoms. The van der Waals surface area contributed by atoms with E-state index in [1.807, 2.05) is 25.1 Å². The van der Waals surface area contributed by atoms with Crippen LogP contribution in [0.2, 0.25) is 0 Å². The Bertz CT molecular complexity index is 837. The quantitative estimate of drug-likeness (QED) is 0.804. The zero-order chi connectivity index (χ0) is 15.2. The highest BCUT2D eigenvalue weighted by molar-refractivity contribution is 5.46. The van der Waals surface area contributed by atoms with Crippen molar-refractivity contribution in [2.45, 2.75) is 25.2 Å². The molecule has 112 valence electrons. The van der Waals surface area contributed by atoms with E-state index in [1.165, 1.54) is 12.4 Å². The Morgan fingerprint density at radius 2 is 2.14 bits per heavy atom. The fourth-order valence-corrected chi connectivity index (χ4v) is 2.90. The number of hydrogen-bond donors (Lipinski definition) is 1. The number of aryl methyl sites for hydroxylation is 1. The van der Waals surface area contributed by atoms with Crippen LogP contribution in [-0.4, -0.2) is 26.1 Å². The monoisotopic (exact) mass is 297 g/mol. The molecule has 3 aromatic rings. The van der Waals surface area contributed by atoms with Gasteiger partial charge in [-0.1, -0.05) is 18.2 Å². The summed E-state index contributed by atoms with van der Waals surface area (Å²) in [4.78, 5) is 8.43. The Morgan fingerprint density at radius 3 is 2.91 bits per heavy atom. The SMILES string of the molecule is Cc1cc(NCC2(c3ccccc3F)CC2)n2ncnc2n1. The Kier molecular flexibility index (Phi) is 2.85. The number of benzene rings is 1. The highest BCUT2D eigenvalue weighted by atomic mass is 19.1. The van der Waals surface area contributed by atoms with Gasteiger partial charge in [-0.15, -0.1) is 0 Å². The van der Waals surface area contributed by atoms with Gasteiger partial charge in [0.2, 0.25) is 0 Å². The number of anilines is 1. The number of halogens is 1. The second-order valence-corrected chi connectivity index (χ2v) is 5.87. The van der Waals surface area contributed by atoms with Crippen molar-refractivity contribution >= 4 is 11.6 Å².